The fourth-order valence-corrected chi connectivity index (χ4v) is 0.329. The predicted octanol–water partition coefficient (Wildman–Crippen LogP) is -0.130. The van der Waals surface area contributed by atoms with Crippen LogP contribution in [0.1, 0.15) is 0 Å². The van der Waals surface area contributed by atoms with Crippen LogP contribution in [0.25, 0.3) is 0 Å². The van der Waals surface area contributed by atoms with Gasteiger partial charge in [0.2, 0.25) is 0 Å². The number of halogens is 2. The van der Waals surface area contributed by atoms with Gasteiger partial charge in [-0.25, -0.2) is 0 Å². The molecule has 6 heteroatoms. The standard InChI is InChI=1S/C4H13N3.2ClH.Pt/c5-1-3-7-4-2-6;;;/h7H,1-6H2;2*1H;/q;;;+2/p-2. The van der Waals surface area contributed by atoms with Crippen LogP contribution in [-0.2, 0) is 16.5 Å². The maximum absolute atomic E-state index is 5.17. The van der Waals surface area contributed by atoms with Gasteiger partial charge in [-0.15, -0.1) is 0 Å². The Morgan fingerprint density at radius 2 is 1.40 bits per heavy atom. The van der Waals surface area contributed by atoms with Crippen molar-refractivity contribution in [1.82, 2.24) is 5.32 Å². The molecule has 0 bridgehead atoms. The van der Waals surface area contributed by atoms with E-state index in [1.807, 2.05) is 0 Å². The summed E-state index contributed by atoms with van der Waals surface area (Å²) in [5.41, 5.74) is 10.3. The molecule has 0 radical (unpaired) electrons. The van der Waals surface area contributed by atoms with E-state index in [4.69, 9.17) is 30.3 Å². The Labute approximate surface area is 78.2 Å². The van der Waals surface area contributed by atoms with Crippen LogP contribution < -0.4 is 16.8 Å². The Bertz CT molecular complexity index is 45.5. The van der Waals surface area contributed by atoms with Crippen LogP contribution in [0.15, 0.2) is 0 Å². The summed E-state index contributed by atoms with van der Waals surface area (Å²) in [5.74, 6) is 0. The van der Waals surface area contributed by atoms with E-state index in [1.54, 1.807) is 0 Å². The predicted molar refractivity (Wildman–Crippen MR) is 42.7 cm³/mol. The molecule has 0 aromatic carbocycles. The van der Waals surface area contributed by atoms with Gasteiger partial charge >= 0.3 is 35.3 Å². The second-order valence-corrected chi connectivity index (χ2v) is 4.66. The van der Waals surface area contributed by atoms with Crippen LogP contribution in [0.4, 0.5) is 0 Å². The first-order valence-electron chi connectivity index (χ1n) is 2.76. The summed E-state index contributed by atoms with van der Waals surface area (Å²) in [6, 6.07) is 0. The number of hydrogen-bond donors (Lipinski definition) is 3. The van der Waals surface area contributed by atoms with Crippen molar-refractivity contribution in [2.24, 2.45) is 11.5 Å². The molecule has 0 fully saturated rings. The Morgan fingerprint density at radius 1 is 1.10 bits per heavy atom. The number of hydrogen-bond acceptors (Lipinski definition) is 3. The molecule has 0 saturated carbocycles. The molecular weight excluding hydrogens is 356 g/mol. The van der Waals surface area contributed by atoms with E-state index in [9.17, 15) is 0 Å². The molecule has 10 heavy (non-hydrogen) atoms. The van der Waals surface area contributed by atoms with Gasteiger partial charge < -0.3 is 16.8 Å². The van der Waals surface area contributed by atoms with Crippen molar-refractivity contribution in [2.45, 2.75) is 0 Å². The van der Waals surface area contributed by atoms with Crippen molar-refractivity contribution < 1.29 is 16.5 Å². The summed E-state index contributed by atoms with van der Waals surface area (Å²) in [5, 5.41) is 3.03. The topological polar surface area (TPSA) is 64.1 Å². The molecule has 0 heterocycles. The van der Waals surface area contributed by atoms with Crippen molar-refractivity contribution in [3.05, 3.63) is 0 Å². The average molecular weight is 369 g/mol. The molecular formula is C4H13Cl2N3Pt. The van der Waals surface area contributed by atoms with Gasteiger partial charge in [0.05, 0.1) is 0 Å². The van der Waals surface area contributed by atoms with Crippen LogP contribution in [0, 0.1) is 0 Å². The summed E-state index contributed by atoms with van der Waals surface area (Å²) in [6.07, 6.45) is 0. The average Bonchev–Trinajstić information content (AvgIpc) is 1.91. The second-order valence-electron chi connectivity index (χ2n) is 1.37. The molecule has 0 rings (SSSR count). The van der Waals surface area contributed by atoms with E-state index in [0.717, 1.165) is 13.1 Å². The van der Waals surface area contributed by atoms with E-state index in [0.29, 0.717) is 13.1 Å². The minimum absolute atomic E-state index is 0.472. The SMILES string of the molecule is NCCNCCN.[Cl][Pt][Cl]. The van der Waals surface area contributed by atoms with E-state index in [1.165, 1.54) is 0 Å². The maximum atomic E-state index is 5.17. The van der Waals surface area contributed by atoms with Crippen LogP contribution in [0.3, 0.4) is 0 Å². The fraction of sp³-hybridized carbons (Fsp3) is 1.00. The molecule has 68 valence electrons. The van der Waals surface area contributed by atoms with E-state index >= 15 is 0 Å². The first-order valence-corrected chi connectivity index (χ1v) is 8.39. The van der Waals surface area contributed by atoms with Gasteiger partial charge in [-0.1, -0.05) is 0 Å². The quantitative estimate of drug-likeness (QED) is 0.605. The van der Waals surface area contributed by atoms with Crippen LogP contribution >= 0.6 is 18.8 Å². The third kappa shape index (κ3) is 22.9. The third-order valence-corrected chi connectivity index (χ3v) is 0.642. The van der Waals surface area contributed by atoms with Gasteiger partial charge in [0, 0.05) is 26.2 Å². The van der Waals surface area contributed by atoms with Gasteiger partial charge in [0.25, 0.3) is 0 Å². The zero-order valence-electron chi connectivity index (χ0n) is 5.56. The molecule has 0 aromatic heterocycles. The summed E-state index contributed by atoms with van der Waals surface area (Å²) >= 11 is -0.472. The van der Waals surface area contributed by atoms with E-state index in [-0.39, 0.29) is 0 Å². The molecule has 0 atom stereocenters. The first kappa shape index (κ1) is 13.7. The molecule has 0 spiro atoms. The number of nitrogens with two attached hydrogens (primary N) is 2. The molecule has 0 saturated heterocycles. The molecule has 0 aliphatic carbocycles. The molecule has 0 amide bonds. The number of rotatable bonds is 4. The zero-order valence-corrected chi connectivity index (χ0v) is 9.34. The van der Waals surface area contributed by atoms with Gasteiger partial charge in [-0.2, -0.15) is 0 Å². The fourth-order valence-electron chi connectivity index (χ4n) is 0.329. The Balaban J connectivity index is 0. The van der Waals surface area contributed by atoms with Gasteiger partial charge in [0.1, 0.15) is 0 Å². The van der Waals surface area contributed by atoms with Crippen molar-refractivity contribution in [1.29, 1.82) is 0 Å². The summed E-state index contributed by atoms with van der Waals surface area (Å²) < 4.78 is 0. The second kappa shape index (κ2) is 16.6. The molecule has 0 aliphatic heterocycles. The van der Waals surface area contributed by atoms with E-state index in [2.05, 4.69) is 5.32 Å². The molecule has 0 aliphatic rings. The Morgan fingerprint density at radius 3 is 1.60 bits per heavy atom. The van der Waals surface area contributed by atoms with Crippen molar-refractivity contribution >= 4 is 18.8 Å². The molecule has 0 aromatic rings. The Hall–Kier alpha value is 1.15. The summed E-state index contributed by atoms with van der Waals surface area (Å²) in [4.78, 5) is 0. The normalized spacial score (nSPS) is 8.80. The van der Waals surface area contributed by atoms with Gasteiger partial charge in [0.15, 0.2) is 0 Å². The van der Waals surface area contributed by atoms with Crippen molar-refractivity contribution in [3.8, 4) is 0 Å². The third-order valence-electron chi connectivity index (χ3n) is 0.642. The van der Waals surface area contributed by atoms with Crippen LogP contribution in [0.5, 0.6) is 0 Å². The van der Waals surface area contributed by atoms with Gasteiger partial charge in [-0.3, -0.25) is 0 Å². The molecule has 5 N–H and O–H groups in total. The van der Waals surface area contributed by atoms with Crippen molar-refractivity contribution in [2.75, 3.05) is 26.2 Å². The first-order chi connectivity index (χ1) is 4.83. The molecule has 0 unspecified atom stereocenters. The number of nitrogens with one attached hydrogen (secondary N) is 1. The van der Waals surface area contributed by atoms with Crippen LogP contribution in [-0.4, -0.2) is 26.2 Å². The van der Waals surface area contributed by atoms with E-state index < -0.39 is 16.5 Å². The monoisotopic (exact) mass is 368 g/mol. The minimum atomic E-state index is -0.472. The summed E-state index contributed by atoms with van der Waals surface area (Å²) in [6.45, 7) is 3.13. The molecule has 3 nitrogen and oxygen atoms in total. The summed E-state index contributed by atoms with van der Waals surface area (Å²) in [7, 11) is 9.75. The Kier molecular flexibility index (Phi) is 22.8. The van der Waals surface area contributed by atoms with Crippen molar-refractivity contribution in [3.63, 3.8) is 0 Å². The zero-order chi connectivity index (χ0) is 8.24. The van der Waals surface area contributed by atoms with Gasteiger partial charge in [-0.05, 0) is 0 Å². The van der Waals surface area contributed by atoms with Crippen LogP contribution in [0.2, 0.25) is 0 Å².